The first-order chi connectivity index (χ1) is 42.3. The van der Waals surface area contributed by atoms with Crippen LogP contribution in [0, 0.1) is 7.14 Å². The molecule has 488 valence electrons. The lowest BCUT2D eigenvalue weighted by molar-refractivity contribution is -0.0212. The van der Waals surface area contributed by atoms with E-state index in [4.69, 9.17) is 66.3 Å². The second-order valence-electron chi connectivity index (χ2n) is 18.6. The second-order valence-corrected chi connectivity index (χ2v) is 21.1. The van der Waals surface area contributed by atoms with Crippen LogP contribution < -0.4 is 0 Å². The van der Waals surface area contributed by atoms with Crippen LogP contribution in [0.4, 0.5) is 8.78 Å². The van der Waals surface area contributed by atoms with Crippen molar-refractivity contribution in [3.8, 4) is 0 Å². The molecule has 22 nitrogen and oxygen atoms in total. The Hall–Kier alpha value is -2.86. The van der Waals surface area contributed by atoms with Crippen LogP contribution in [0.25, 0.3) is 22.1 Å². The largest absolute Gasteiger partial charge is 0.378 e. The summed E-state index contributed by atoms with van der Waals surface area (Å²) in [6.07, 6.45) is 5.56. The van der Waals surface area contributed by atoms with Gasteiger partial charge in [0.15, 0.2) is 11.6 Å². The number of ketones is 2. The number of ether oxygens (including phenoxy) is 14. The van der Waals surface area contributed by atoms with Gasteiger partial charge in [-0.15, -0.1) is 0 Å². The van der Waals surface area contributed by atoms with E-state index in [9.17, 15) is 18.4 Å². The van der Waals surface area contributed by atoms with Crippen LogP contribution in [-0.2, 0) is 66.3 Å². The summed E-state index contributed by atoms with van der Waals surface area (Å²) < 4.78 is 101. The number of nitrogens with zero attached hydrogens (tertiary/aromatic N) is 6. The minimum atomic E-state index is -0.476. The number of rotatable bonds is 58. The Morgan fingerprint density at radius 1 is 0.407 bits per heavy atom. The molecule has 0 atom stereocenters. The van der Waals surface area contributed by atoms with Crippen molar-refractivity contribution < 1.29 is 84.7 Å². The minimum absolute atomic E-state index is 0.0212. The van der Waals surface area contributed by atoms with E-state index in [1.807, 2.05) is 36.4 Å². The van der Waals surface area contributed by atoms with Gasteiger partial charge in [-0.2, -0.15) is 0 Å². The van der Waals surface area contributed by atoms with Crippen LogP contribution in [0.2, 0.25) is 0 Å². The fourth-order valence-electron chi connectivity index (χ4n) is 7.61. The maximum atomic E-state index is 12.6. The van der Waals surface area contributed by atoms with Gasteiger partial charge in [-0.25, -0.2) is 18.7 Å². The number of benzene rings is 2. The molecule has 0 aliphatic heterocycles. The lowest BCUT2D eigenvalue weighted by atomic mass is 10.1. The smallest absolute Gasteiger partial charge is 0.182 e. The zero-order valence-corrected chi connectivity index (χ0v) is 54.9. The number of aromatic nitrogens is 4. The molecule has 2 heterocycles. The number of alkyl halides is 2. The normalized spacial score (nSPS) is 11.6. The van der Waals surface area contributed by atoms with E-state index in [-0.39, 0.29) is 24.8 Å². The van der Waals surface area contributed by atoms with Gasteiger partial charge in [0.2, 0.25) is 0 Å². The van der Waals surface area contributed by atoms with Crippen molar-refractivity contribution in [2.24, 2.45) is 0 Å². The van der Waals surface area contributed by atoms with Crippen molar-refractivity contribution in [3.63, 3.8) is 0 Å². The summed E-state index contributed by atoms with van der Waals surface area (Å²) in [6.45, 7) is 21.3. The molecule has 0 spiro atoms. The first-order valence-corrected chi connectivity index (χ1v) is 32.0. The molecule has 4 aromatic rings. The topological polar surface area (TPSA) is 221 Å². The predicted molar refractivity (Wildman–Crippen MR) is 339 cm³/mol. The van der Waals surface area contributed by atoms with Gasteiger partial charge in [-0.3, -0.25) is 19.6 Å². The average molecular weight is 1450 g/mol. The van der Waals surface area contributed by atoms with Crippen molar-refractivity contribution in [1.82, 2.24) is 29.7 Å². The van der Waals surface area contributed by atoms with Crippen molar-refractivity contribution in [2.45, 2.75) is 39.5 Å². The van der Waals surface area contributed by atoms with Crippen LogP contribution in [0.1, 0.15) is 60.5 Å². The van der Waals surface area contributed by atoms with Gasteiger partial charge in [0, 0.05) is 33.1 Å². The molecule has 0 N–H and O–H groups in total. The molecule has 0 amide bonds. The summed E-state index contributed by atoms with van der Waals surface area (Å²) >= 11 is 4.47. The van der Waals surface area contributed by atoms with E-state index in [0.29, 0.717) is 196 Å². The van der Waals surface area contributed by atoms with Crippen molar-refractivity contribution in [1.29, 1.82) is 0 Å². The number of Topliss-reactive ketones (excluding diaryl/α,β-unsaturated/α-hetero) is 2. The summed E-state index contributed by atoms with van der Waals surface area (Å²) in [5.74, 6) is 0.0423. The fraction of sp³-hybridized carbons (Fsp3) is 0.700. The SMILES string of the molecule is CCN(CCCC(=O)c1cnc2cc(I)ccc2n1)CCOCCOCCOCCOCCOCCOCCOCCF.CCN(CCCC(=O)c1cnc2cc([125I])ccc2n1)CCOCCOCCOCCOCCOCCOCCOCCF. The number of halogens is 4. The monoisotopic (exact) mass is 1440 g/mol. The van der Waals surface area contributed by atoms with Crippen LogP contribution in [0.5, 0.6) is 0 Å². The quantitative estimate of drug-likeness (QED) is 0.0242. The molecule has 0 bridgehead atoms. The lowest BCUT2D eigenvalue weighted by Crippen LogP contribution is -2.29. The summed E-state index contributed by atoms with van der Waals surface area (Å²) in [4.78, 5) is 47.5. The van der Waals surface area contributed by atoms with Crippen LogP contribution in [-0.4, -0.2) is 279 Å². The Morgan fingerprint density at radius 3 is 1.01 bits per heavy atom. The van der Waals surface area contributed by atoms with Crippen LogP contribution in [0.15, 0.2) is 48.8 Å². The number of carbonyl (C=O) groups is 2. The first-order valence-electron chi connectivity index (χ1n) is 29.8. The van der Waals surface area contributed by atoms with E-state index in [0.717, 1.165) is 81.3 Å². The Bertz CT molecular complexity index is 2140. The standard InChI is InChI=1S/2C30H47FIN3O8/c2*1-2-35(8-3-4-30(36)29-25-33-28-24-26(32)5-6-27(28)34-29)9-11-38-13-15-40-17-19-42-21-23-43-22-20-41-18-16-39-14-12-37-10-7-31/h2*5-6,24-25H,2-4,7-23H2,1H3/i32-2;. The molecule has 2 aromatic heterocycles. The third-order valence-corrected chi connectivity index (χ3v) is 13.6. The van der Waals surface area contributed by atoms with E-state index >= 15 is 0 Å². The molecular formula is C60H94F2I2N6O16. The molecule has 0 fully saturated rings. The zero-order valence-electron chi connectivity index (χ0n) is 50.6. The highest BCUT2D eigenvalue weighted by molar-refractivity contribution is 14.1. The van der Waals surface area contributed by atoms with Crippen molar-refractivity contribution in [3.05, 3.63) is 67.3 Å². The third kappa shape index (κ3) is 40.7. The molecule has 0 aliphatic carbocycles. The summed E-state index contributed by atoms with van der Waals surface area (Å²) in [7, 11) is 0. The Morgan fingerprint density at radius 2 is 0.698 bits per heavy atom. The van der Waals surface area contributed by atoms with Crippen LogP contribution >= 0.6 is 45.2 Å². The fourth-order valence-corrected chi connectivity index (χ4v) is 8.56. The molecule has 0 radical (unpaired) electrons. The van der Waals surface area contributed by atoms with E-state index in [1.54, 1.807) is 12.4 Å². The summed E-state index contributed by atoms with van der Waals surface area (Å²) in [5, 5.41) is 0. The number of likely N-dealkylation sites (N-methyl/N-ethyl adjacent to an activating group) is 2. The highest BCUT2D eigenvalue weighted by Gasteiger charge is 2.13. The molecule has 0 aliphatic rings. The highest BCUT2D eigenvalue weighted by Crippen LogP contribution is 2.16. The van der Waals surface area contributed by atoms with Gasteiger partial charge in [0.1, 0.15) is 24.7 Å². The van der Waals surface area contributed by atoms with Crippen molar-refractivity contribution >= 4 is 78.8 Å². The van der Waals surface area contributed by atoms with Gasteiger partial charge in [0.25, 0.3) is 0 Å². The lowest BCUT2D eigenvalue weighted by Gasteiger charge is -2.20. The van der Waals surface area contributed by atoms with Crippen LogP contribution in [0.3, 0.4) is 0 Å². The molecule has 26 heteroatoms. The molecule has 0 saturated heterocycles. The van der Waals surface area contributed by atoms with Gasteiger partial charge in [-0.05, 0) is 121 Å². The maximum absolute atomic E-state index is 12.6. The zero-order chi connectivity index (χ0) is 61.6. The number of hydrogen-bond donors (Lipinski definition) is 0. The minimum Gasteiger partial charge on any atom is -0.378 e. The van der Waals surface area contributed by atoms with Gasteiger partial charge >= 0.3 is 0 Å². The molecule has 0 saturated carbocycles. The van der Waals surface area contributed by atoms with Gasteiger partial charge in [-0.1, -0.05) is 13.8 Å². The molecule has 2 aromatic carbocycles. The Kier molecular flexibility index (Phi) is 49.5. The van der Waals surface area contributed by atoms with E-state index in [2.05, 4.69) is 88.8 Å². The number of fused-ring (bicyclic) bond motifs is 2. The van der Waals surface area contributed by atoms with Crippen molar-refractivity contribution in [2.75, 3.05) is 238 Å². The van der Waals surface area contributed by atoms with E-state index < -0.39 is 13.3 Å². The molecule has 86 heavy (non-hydrogen) atoms. The Labute approximate surface area is 534 Å². The second kappa shape index (κ2) is 55.0. The first kappa shape index (κ1) is 77.4. The molecular weight excluding hydrogens is 1350 g/mol. The Balaban J connectivity index is 0.000000450. The van der Waals surface area contributed by atoms with E-state index in [1.165, 1.54) is 0 Å². The molecule has 0 unspecified atom stereocenters. The third-order valence-electron chi connectivity index (χ3n) is 12.2. The molecule has 4 rings (SSSR count). The number of carbonyl (C=O) groups excluding carboxylic acids is 2. The maximum Gasteiger partial charge on any atom is 0.182 e. The summed E-state index contributed by atoms with van der Waals surface area (Å²) in [5.41, 5.74) is 3.94. The van der Waals surface area contributed by atoms with Gasteiger partial charge < -0.3 is 76.1 Å². The van der Waals surface area contributed by atoms with Gasteiger partial charge in [0.05, 0.1) is 219 Å². The average Bonchev–Trinajstić information content (AvgIpc) is 2.40. The number of hydrogen-bond acceptors (Lipinski definition) is 22. The highest BCUT2D eigenvalue weighted by atomic mass is 127. The predicted octanol–water partition coefficient (Wildman–Crippen LogP) is 7.21. The summed E-state index contributed by atoms with van der Waals surface area (Å²) in [6, 6.07) is 11.6.